The second kappa shape index (κ2) is 9.56. The largest absolute Gasteiger partial charge is 0.480 e. The lowest BCUT2D eigenvalue weighted by atomic mass is 9.98. The Labute approximate surface area is 189 Å². The minimum Gasteiger partial charge on any atom is -0.480 e. The van der Waals surface area contributed by atoms with Crippen molar-refractivity contribution < 1.29 is 28.8 Å². The number of ether oxygens (including phenoxy) is 1. The van der Waals surface area contributed by atoms with E-state index in [4.69, 9.17) is 14.4 Å². The third kappa shape index (κ3) is 4.57. The topological polar surface area (TPSA) is 131 Å². The molecule has 0 radical (unpaired) electrons. The van der Waals surface area contributed by atoms with Crippen molar-refractivity contribution in [2.75, 3.05) is 6.61 Å². The van der Waals surface area contributed by atoms with Crippen molar-refractivity contribution in [3.8, 4) is 11.1 Å². The second-order valence-corrected chi connectivity index (χ2v) is 7.63. The molecule has 2 aromatic carbocycles. The summed E-state index contributed by atoms with van der Waals surface area (Å²) >= 11 is 0. The van der Waals surface area contributed by atoms with Crippen molar-refractivity contribution in [3.05, 3.63) is 77.2 Å². The molecule has 0 spiro atoms. The first-order chi connectivity index (χ1) is 16.0. The highest BCUT2D eigenvalue weighted by Crippen LogP contribution is 2.44. The number of carboxylic acid groups (broad SMARTS) is 1. The molecule has 0 unspecified atom stereocenters. The number of aromatic nitrogens is 1. The van der Waals surface area contributed by atoms with Gasteiger partial charge in [0, 0.05) is 5.92 Å². The first-order valence-electron chi connectivity index (χ1n) is 10.5. The Kier molecular flexibility index (Phi) is 6.39. The molecule has 3 N–H and O–H groups in total. The van der Waals surface area contributed by atoms with Gasteiger partial charge in [0.15, 0.2) is 0 Å². The summed E-state index contributed by atoms with van der Waals surface area (Å²) in [5.41, 5.74) is 4.69. The molecule has 0 bridgehead atoms. The lowest BCUT2D eigenvalue weighted by Crippen LogP contribution is -2.40. The van der Waals surface area contributed by atoms with E-state index in [0.717, 1.165) is 28.5 Å². The number of fused-ring (bicyclic) bond motifs is 3. The van der Waals surface area contributed by atoms with Gasteiger partial charge in [-0.3, -0.25) is 4.79 Å². The smallest absolute Gasteiger partial charge is 0.407 e. The van der Waals surface area contributed by atoms with Crippen LogP contribution in [-0.2, 0) is 16.1 Å². The van der Waals surface area contributed by atoms with Crippen LogP contribution in [0.25, 0.3) is 11.1 Å². The number of benzene rings is 2. The van der Waals surface area contributed by atoms with E-state index in [2.05, 4.69) is 27.9 Å². The van der Waals surface area contributed by atoms with Gasteiger partial charge in [0.05, 0.1) is 6.54 Å². The van der Waals surface area contributed by atoms with Gasteiger partial charge in [-0.2, -0.15) is 0 Å². The fourth-order valence-electron chi connectivity index (χ4n) is 3.95. The fraction of sp³-hybridized carbons (Fsp3) is 0.250. The molecule has 0 aliphatic heterocycles. The molecule has 0 saturated carbocycles. The van der Waals surface area contributed by atoms with Crippen LogP contribution in [0, 0.1) is 0 Å². The highest BCUT2D eigenvalue weighted by Gasteiger charge is 2.29. The molecule has 0 fully saturated rings. The molecule has 1 aromatic heterocycles. The molecule has 9 nitrogen and oxygen atoms in total. The fourth-order valence-corrected chi connectivity index (χ4v) is 3.95. The van der Waals surface area contributed by atoms with Crippen molar-refractivity contribution in [2.45, 2.75) is 31.8 Å². The lowest BCUT2D eigenvalue weighted by Gasteiger charge is -2.14. The van der Waals surface area contributed by atoms with Gasteiger partial charge in [-0.1, -0.05) is 60.6 Å². The highest BCUT2D eigenvalue weighted by molar-refractivity contribution is 5.97. The Morgan fingerprint density at radius 1 is 1.09 bits per heavy atom. The van der Waals surface area contributed by atoms with Crippen LogP contribution >= 0.6 is 0 Å². The van der Waals surface area contributed by atoms with E-state index in [0.29, 0.717) is 0 Å². The van der Waals surface area contributed by atoms with Crippen LogP contribution in [0.4, 0.5) is 4.79 Å². The van der Waals surface area contributed by atoms with Crippen molar-refractivity contribution in [3.63, 3.8) is 0 Å². The van der Waals surface area contributed by atoms with Gasteiger partial charge in [0.25, 0.3) is 5.91 Å². The Morgan fingerprint density at radius 2 is 1.73 bits per heavy atom. The van der Waals surface area contributed by atoms with Gasteiger partial charge >= 0.3 is 12.1 Å². The van der Waals surface area contributed by atoms with Gasteiger partial charge in [-0.15, -0.1) is 0 Å². The summed E-state index contributed by atoms with van der Waals surface area (Å²) < 4.78 is 10.3. The van der Waals surface area contributed by atoms with Crippen LogP contribution in [0.5, 0.6) is 0 Å². The third-order valence-corrected chi connectivity index (χ3v) is 5.64. The Bertz CT molecular complexity index is 1140. The van der Waals surface area contributed by atoms with Gasteiger partial charge in [-0.05, 0) is 28.7 Å². The number of nitrogens with zero attached hydrogens (tertiary/aromatic N) is 1. The van der Waals surface area contributed by atoms with Gasteiger partial charge < -0.3 is 25.0 Å². The molecule has 3 aromatic rings. The predicted molar refractivity (Wildman–Crippen MR) is 118 cm³/mol. The van der Waals surface area contributed by atoms with Crippen LogP contribution in [0.2, 0.25) is 0 Å². The predicted octanol–water partition coefficient (Wildman–Crippen LogP) is 3.31. The van der Waals surface area contributed by atoms with Crippen molar-refractivity contribution in [1.82, 2.24) is 15.8 Å². The molecule has 1 heterocycles. The van der Waals surface area contributed by atoms with Crippen molar-refractivity contribution in [1.29, 1.82) is 0 Å². The summed E-state index contributed by atoms with van der Waals surface area (Å²) in [5.74, 6) is -1.85. The van der Waals surface area contributed by atoms with Crippen LogP contribution in [-0.4, -0.2) is 40.9 Å². The molecule has 1 aliphatic carbocycles. The molecule has 0 saturated heterocycles. The summed E-state index contributed by atoms with van der Waals surface area (Å²) in [4.78, 5) is 35.8. The Balaban J connectivity index is 1.36. The summed E-state index contributed by atoms with van der Waals surface area (Å²) in [5, 5.41) is 17.8. The van der Waals surface area contributed by atoms with Crippen molar-refractivity contribution >= 4 is 18.0 Å². The van der Waals surface area contributed by atoms with E-state index in [9.17, 15) is 14.4 Å². The monoisotopic (exact) mass is 449 g/mol. The van der Waals surface area contributed by atoms with E-state index >= 15 is 0 Å². The second-order valence-electron chi connectivity index (χ2n) is 7.63. The number of aliphatic carboxylic acids is 1. The lowest BCUT2D eigenvalue weighted by molar-refractivity contribution is -0.139. The van der Waals surface area contributed by atoms with Gasteiger partial charge in [0.2, 0.25) is 0 Å². The number of amides is 2. The number of rotatable bonds is 8. The number of alkyl carbamates (subject to hydrolysis) is 1. The molecule has 9 heteroatoms. The summed E-state index contributed by atoms with van der Waals surface area (Å²) in [6.07, 6.45) is 0.668. The maximum atomic E-state index is 12.4. The molecule has 4 rings (SSSR count). The summed E-state index contributed by atoms with van der Waals surface area (Å²) in [6.45, 7) is 1.69. The van der Waals surface area contributed by atoms with Gasteiger partial charge in [-0.25, -0.2) is 9.59 Å². The summed E-state index contributed by atoms with van der Waals surface area (Å²) in [6, 6.07) is 15.0. The molecular weight excluding hydrogens is 426 g/mol. The zero-order chi connectivity index (χ0) is 23.4. The minimum absolute atomic E-state index is 0.0497. The van der Waals surface area contributed by atoms with E-state index in [1.54, 1.807) is 6.92 Å². The number of hydrogen-bond donors (Lipinski definition) is 3. The minimum atomic E-state index is -1.14. The quantitative estimate of drug-likeness (QED) is 0.481. The number of hydrogen-bond acceptors (Lipinski definition) is 6. The average molecular weight is 449 g/mol. The number of carbonyl (C=O) groups excluding carboxylic acids is 2. The average Bonchev–Trinajstić information content (AvgIpc) is 3.42. The molecule has 1 aliphatic rings. The van der Waals surface area contributed by atoms with Crippen LogP contribution in [0.3, 0.4) is 0 Å². The normalized spacial score (nSPS) is 13.0. The standard InChI is InChI=1S/C24H23N3O6/c1-2-20(23(29)30)26-22(28)19-13-33-27-21(19)11-25-24(31)32-12-18-16-9-5-3-7-14(16)15-8-4-6-10-17(15)18/h3-10,13,18,20H,2,11-12H2,1H3,(H,25,31)(H,26,28)(H,29,30)/t20-/m1/s1. The first-order valence-corrected chi connectivity index (χ1v) is 10.5. The van der Waals surface area contributed by atoms with Gasteiger partial charge in [0.1, 0.15) is 30.2 Å². The van der Waals surface area contributed by atoms with E-state index in [-0.39, 0.29) is 36.7 Å². The van der Waals surface area contributed by atoms with Crippen molar-refractivity contribution in [2.24, 2.45) is 0 Å². The first kappa shape index (κ1) is 22.1. The highest BCUT2D eigenvalue weighted by atomic mass is 16.5. The van der Waals surface area contributed by atoms with Crippen LogP contribution in [0.1, 0.15) is 46.4 Å². The Morgan fingerprint density at radius 3 is 2.33 bits per heavy atom. The molecule has 1 atom stereocenters. The van der Waals surface area contributed by atoms with E-state index < -0.39 is 24.0 Å². The summed E-state index contributed by atoms with van der Waals surface area (Å²) in [7, 11) is 0. The number of carboxylic acids is 1. The molecular formula is C24H23N3O6. The zero-order valence-electron chi connectivity index (χ0n) is 17.9. The Hall–Kier alpha value is -4.14. The zero-order valence-corrected chi connectivity index (χ0v) is 17.9. The molecule has 2 amide bonds. The molecule has 33 heavy (non-hydrogen) atoms. The number of carbonyl (C=O) groups is 3. The maximum Gasteiger partial charge on any atom is 0.407 e. The third-order valence-electron chi connectivity index (χ3n) is 5.64. The molecule has 170 valence electrons. The van der Waals surface area contributed by atoms with E-state index in [1.807, 2.05) is 36.4 Å². The van der Waals surface area contributed by atoms with Crippen LogP contribution in [0.15, 0.2) is 59.3 Å². The SMILES string of the molecule is CC[C@@H](NC(=O)c1conc1CNC(=O)OCC1c2ccccc2-c2ccccc21)C(=O)O. The number of nitrogens with one attached hydrogen (secondary N) is 2. The maximum absolute atomic E-state index is 12.4. The van der Waals surface area contributed by atoms with E-state index in [1.165, 1.54) is 0 Å². The van der Waals surface area contributed by atoms with Crippen LogP contribution < -0.4 is 10.6 Å².